The molecule has 1 unspecified atom stereocenters. The van der Waals surface area contributed by atoms with Gasteiger partial charge in [0.25, 0.3) is 0 Å². The predicted molar refractivity (Wildman–Crippen MR) is 45.6 cm³/mol. The minimum atomic E-state index is -4.25. The fourth-order valence-electron chi connectivity index (χ4n) is 0.984. The van der Waals surface area contributed by atoms with Crippen molar-refractivity contribution in [2.75, 3.05) is 0 Å². The van der Waals surface area contributed by atoms with Crippen LogP contribution in [0.2, 0.25) is 0 Å². The largest absolute Gasteiger partial charge is 0.416 e. The summed E-state index contributed by atoms with van der Waals surface area (Å²) in [6.45, 7) is 1.78. The Balaban J connectivity index is 3.06. The van der Waals surface area contributed by atoms with Crippen molar-refractivity contribution >= 4 is 10.2 Å². The van der Waals surface area contributed by atoms with Gasteiger partial charge in [-0.1, -0.05) is 25.1 Å². The Morgan fingerprint density at radius 3 is 2.38 bits per heavy atom. The van der Waals surface area contributed by atoms with Crippen LogP contribution in [0, 0.1) is 0 Å². The molecule has 1 atom stereocenters. The lowest BCUT2D eigenvalue weighted by molar-refractivity contribution is -0.137. The van der Waals surface area contributed by atoms with Crippen LogP contribution in [-0.4, -0.2) is 10.2 Å². The molecule has 3 radical (unpaired) electrons. The lowest BCUT2D eigenvalue weighted by Gasteiger charge is -2.10. The molecule has 0 aromatic heterocycles. The van der Waals surface area contributed by atoms with E-state index in [0.717, 1.165) is 12.1 Å². The fourth-order valence-corrected chi connectivity index (χ4v) is 1.16. The highest BCUT2D eigenvalue weighted by molar-refractivity contribution is 6.12. The molecule has 1 aromatic rings. The fraction of sp³-hybridized carbons (Fsp3) is 0.333. The average molecular weight is 201 g/mol. The van der Waals surface area contributed by atoms with Crippen LogP contribution in [0.1, 0.15) is 23.6 Å². The maximum Gasteiger partial charge on any atom is 0.416 e. The van der Waals surface area contributed by atoms with Crippen LogP contribution in [0.4, 0.5) is 13.2 Å². The Labute approximate surface area is 78.2 Å². The van der Waals surface area contributed by atoms with Crippen molar-refractivity contribution in [2.45, 2.75) is 18.6 Å². The molecule has 0 aliphatic heterocycles. The van der Waals surface area contributed by atoms with Gasteiger partial charge >= 0.3 is 6.18 Å². The maximum atomic E-state index is 12.2. The minimum Gasteiger partial charge on any atom is -0.166 e. The standard InChI is InChI=1S/C9H8F3Si/c1-6(13)7-3-2-4-8(5-7)9(10,11)12/h2-6H,1H3. The van der Waals surface area contributed by atoms with Crippen LogP contribution in [-0.2, 0) is 6.18 Å². The van der Waals surface area contributed by atoms with Crippen LogP contribution >= 0.6 is 0 Å². The number of benzene rings is 1. The molecule has 0 saturated carbocycles. The highest BCUT2D eigenvalue weighted by atomic mass is 28.1. The number of hydrogen-bond acceptors (Lipinski definition) is 0. The number of rotatable bonds is 1. The van der Waals surface area contributed by atoms with Crippen molar-refractivity contribution in [2.24, 2.45) is 0 Å². The minimum absolute atomic E-state index is 0.0673. The van der Waals surface area contributed by atoms with Crippen molar-refractivity contribution in [3.8, 4) is 0 Å². The highest BCUT2D eigenvalue weighted by Crippen LogP contribution is 2.30. The molecule has 0 aliphatic carbocycles. The van der Waals surface area contributed by atoms with Gasteiger partial charge in [0.2, 0.25) is 0 Å². The molecule has 13 heavy (non-hydrogen) atoms. The molecule has 0 nitrogen and oxygen atoms in total. The molecule has 0 spiro atoms. The summed E-state index contributed by atoms with van der Waals surface area (Å²) >= 11 is 0. The van der Waals surface area contributed by atoms with Gasteiger partial charge in [-0.25, -0.2) is 0 Å². The molecule has 1 aromatic carbocycles. The van der Waals surface area contributed by atoms with Gasteiger partial charge in [0.1, 0.15) is 0 Å². The van der Waals surface area contributed by atoms with E-state index < -0.39 is 11.7 Å². The topological polar surface area (TPSA) is 0 Å². The number of alkyl halides is 3. The van der Waals surface area contributed by atoms with E-state index in [2.05, 4.69) is 10.2 Å². The van der Waals surface area contributed by atoms with Crippen LogP contribution in [0.5, 0.6) is 0 Å². The van der Waals surface area contributed by atoms with Crippen molar-refractivity contribution in [1.82, 2.24) is 0 Å². The molecular formula is C9H8F3Si. The van der Waals surface area contributed by atoms with E-state index in [0.29, 0.717) is 5.56 Å². The van der Waals surface area contributed by atoms with Gasteiger partial charge in [-0.05, 0) is 17.2 Å². The van der Waals surface area contributed by atoms with Crippen LogP contribution in [0.25, 0.3) is 0 Å². The Bertz CT molecular complexity index is 291. The molecule has 0 saturated heterocycles. The monoisotopic (exact) mass is 201 g/mol. The third kappa shape index (κ3) is 2.59. The van der Waals surface area contributed by atoms with Gasteiger partial charge in [-0.3, -0.25) is 0 Å². The van der Waals surface area contributed by atoms with Crippen LogP contribution in [0.3, 0.4) is 0 Å². The Kier molecular flexibility index (Phi) is 2.80. The first kappa shape index (κ1) is 10.3. The van der Waals surface area contributed by atoms with Crippen molar-refractivity contribution < 1.29 is 13.2 Å². The zero-order chi connectivity index (χ0) is 10.1. The van der Waals surface area contributed by atoms with Crippen molar-refractivity contribution in [3.63, 3.8) is 0 Å². The third-order valence-electron chi connectivity index (χ3n) is 1.71. The summed E-state index contributed by atoms with van der Waals surface area (Å²) in [5.74, 6) is 0. The zero-order valence-electron chi connectivity index (χ0n) is 7.02. The number of hydrogen-bond donors (Lipinski definition) is 0. The lowest BCUT2D eigenvalue weighted by Crippen LogP contribution is -2.06. The summed E-state index contributed by atoms with van der Waals surface area (Å²) in [6.07, 6.45) is -4.25. The summed E-state index contributed by atoms with van der Waals surface area (Å²) in [4.78, 5) is 0. The summed E-state index contributed by atoms with van der Waals surface area (Å²) in [5, 5.41) is 0. The third-order valence-corrected chi connectivity index (χ3v) is 2.05. The molecule has 0 bridgehead atoms. The molecular weight excluding hydrogens is 193 g/mol. The van der Waals surface area contributed by atoms with Gasteiger partial charge in [0, 0.05) is 10.2 Å². The molecule has 1 rings (SSSR count). The highest BCUT2D eigenvalue weighted by Gasteiger charge is 2.30. The second-order valence-electron chi connectivity index (χ2n) is 2.84. The van der Waals surface area contributed by atoms with E-state index in [9.17, 15) is 13.2 Å². The molecule has 0 fully saturated rings. The van der Waals surface area contributed by atoms with E-state index in [1.165, 1.54) is 6.07 Å². The molecule has 0 aliphatic rings. The number of halogens is 3. The van der Waals surface area contributed by atoms with Crippen LogP contribution < -0.4 is 0 Å². The second-order valence-corrected chi connectivity index (χ2v) is 3.71. The first-order chi connectivity index (χ1) is 5.91. The summed E-state index contributed by atoms with van der Waals surface area (Å²) in [7, 11) is 3.27. The SMILES string of the molecule is CC([Si])c1cccc(C(F)(F)F)c1. The van der Waals surface area contributed by atoms with E-state index in [-0.39, 0.29) is 5.54 Å². The first-order valence-corrected chi connectivity index (χ1v) is 4.37. The van der Waals surface area contributed by atoms with Gasteiger partial charge in [0.15, 0.2) is 0 Å². The predicted octanol–water partition coefficient (Wildman–Crippen LogP) is 2.93. The van der Waals surface area contributed by atoms with E-state index in [1.54, 1.807) is 13.0 Å². The molecule has 4 heteroatoms. The van der Waals surface area contributed by atoms with Gasteiger partial charge in [0.05, 0.1) is 5.56 Å². The van der Waals surface area contributed by atoms with E-state index >= 15 is 0 Å². The zero-order valence-corrected chi connectivity index (χ0v) is 8.02. The van der Waals surface area contributed by atoms with E-state index in [4.69, 9.17) is 0 Å². The van der Waals surface area contributed by atoms with E-state index in [1.807, 2.05) is 0 Å². The summed E-state index contributed by atoms with van der Waals surface area (Å²) < 4.78 is 36.6. The second kappa shape index (κ2) is 3.53. The van der Waals surface area contributed by atoms with Crippen LogP contribution in [0.15, 0.2) is 24.3 Å². The Morgan fingerprint density at radius 2 is 1.92 bits per heavy atom. The van der Waals surface area contributed by atoms with Gasteiger partial charge in [-0.15, -0.1) is 0 Å². The van der Waals surface area contributed by atoms with Gasteiger partial charge in [-0.2, -0.15) is 13.2 Å². The maximum absolute atomic E-state index is 12.2. The van der Waals surface area contributed by atoms with Gasteiger partial charge < -0.3 is 0 Å². The average Bonchev–Trinajstić information content (AvgIpc) is 2.03. The van der Waals surface area contributed by atoms with Crippen molar-refractivity contribution in [1.29, 1.82) is 0 Å². The molecule has 0 N–H and O–H groups in total. The quantitative estimate of drug-likeness (QED) is 0.613. The van der Waals surface area contributed by atoms with Crippen molar-refractivity contribution in [3.05, 3.63) is 35.4 Å². The molecule has 0 amide bonds. The Morgan fingerprint density at radius 1 is 1.31 bits per heavy atom. The molecule has 0 heterocycles. The lowest BCUT2D eigenvalue weighted by atomic mass is 10.1. The smallest absolute Gasteiger partial charge is 0.166 e. The Hall–Kier alpha value is -0.773. The first-order valence-electron chi connectivity index (χ1n) is 3.79. The normalized spacial score (nSPS) is 14.2. The summed E-state index contributed by atoms with van der Waals surface area (Å²) in [6, 6.07) is 5.29. The summed E-state index contributed by atoms with van der Waals surface area (Å²) in [5.41, 5.74) is -0.0381. The molecule has 69 valence electrons.